The van der Waals surface area contributed by atoms with Gasteiger partial charge in [-0.3, -0.25) is 0 Å². The molecule has 1 aliphatic carbocycles. The van der Waals surface area contributed by atoms with E-state index in [2.05, 4.69) is 19.2 Å². The van der Waals surface area contributed by atoms with Crippen molar-refractivity contribution in [1.29, 1.82) is 0 Å². The van der Waals surface area contributed by atoms with E-state index >= 15 is 0 Å². The van der Waals surface area contributed by atoms with Crippen molar-refractivity contribution in [3.8, 4) is 11.5 Å². The lowest BCUT2D eigenvalue weighted by Gasteiger charge is -2.17. The predicted molar refractivity (Wildman–Crippen MR) is 63.5 cm³/mol. The Morgan fingerprint density at radius 1 is 1.31 bits per heavy atom. The molecule has 3 heteroatoms. The first-order chi connectivity index (χ1) is 7.42. The van der Waals surface area contributed by atoms with E-state index < -0.39 is 0 Å². The number of rotatable bonds is 3. The van der Waals surface area contributed by atoms with Gasteiger partial charge in [0, 0.05) is 12.1 Å². The van der Waals surface area contributed by atoms with Crippen molar-refractivity contribution in [2.45, 2.75) is 39.3 Å². The normalized spacial score (nSPS) is 24.1. The minimum Gasteiger partial charge on any atom is -0.507 e. The van der Waals surface area contributed by atoms with Crippen molar-refractivity contribution < 1.29 is 10.2 Å². The van der Waals surface area contributed by atoms with E-state index in [1.807, 2.05) is 6.92 Å². The third kappa shape index (κ3) is 2.00. The molecule has 0 heterocycles. The van der Waals surface area contributed by atoms with Crippen molar-refractivity contribution in [1.82, 2.24) is 5.32 Å². The SMILES string of the molecule is CC(NC1CC1(C)C)c1c(O)cccc1O. The van der Waals surface area contributed by atoms with Crippen LogP contribution in [0.1, 0.15) is 38.8 Å². The van der Waals surface area contributed by atoms with Crippen LogP contribution in [0.5, 0.6) is 11.5 Å². The molecule has 1 fully saturated rings. The number of aromatic hydroxyl groups is 2. The second-order valence-electron chi connectivity index (χ2n) is 5.34. The molecular weight excluding hydrogens is 202 g/mol. The number of benzene rings is 1. The molecule has 2 unspecified atom stereocenters. The average Bonchev–Trinajstić information content (AvgIpc) is 2.72. The van der Waals surface area contributed by atoms with Gasteiger partial charge in [-0.15, -0.1) is 0 Å². The summed E-state index contributed by atoms with van der Waals surface area (Å²) in [4.78, 5) is 0. The number of phenols is 2. The van der Waals surface area contributed by atoms with E-state index in [1.165, 1.54) is 0 Å². The lowest BCUT2D eigenvalue weighted by Crippen LogP contribution is -2.24. The Morgan fingerprint density at radius 3 is 2.25 bits per heavy atom. The third-order valence-corrected chi connectivity index (χ3v) is 3.46. The Labute approximate surface area is 96.1 Å². The van der Waals surface area contributed by atoms with E-state index in [-0.39, 0.29) is 17.5 Å². The Balaban J connectivity index is 2.12. The van der Waals surface area contributed by atoms with E-state index in [0.717, 1.165) is 6.42 Å². The van der Waals surface area contributed by atoms with Crippen LogP contribution in [0.3, 0.4) is 0 Å². The standard InChI is InChI=1S/C13H19NO2/c1-8(14-11-7-13(11,2)3)12-9(15)5-4-6-10(12)16/h4-6,8,11,14-16H,7H2,1-3H3. The molecule has 0 aliphatic heterocycles. The summed E-state index contributed by atoms with van der Waals surface area (Å²) >= 11 is 0. The van der Waals surface area contributed by atoms with Crippen molar-refractivity contribution in [3.05, 3.63) is 23.8 Å². The minimum atomic E-state index is -0.0343. The molecule has 2 rings (SSSR count). The van der Waals surface area contributed by atoms with Crippen LogP contribution in [0, 0.1) is 5.41 Å². The summed E-state index contributed by atoms with van der Waals surface area (Å²) < 4.78 is 0. The Bertz CT molecular complexity index is 381. The summed E-state index contributed by atoms with van der Waals surface area (Å²) in [6.45, 7) is 6.38. The average molecular weight is 221 g/mol. The number of phenolic OH excluding ortho intramolecular Hbond substituents is 2. The van der Waals surface area contributed by atoms with E-state index in [1.54, 1.807) is 18.2 Å². The second kappa shape index (κ2) is 3.67. The molecule has 1 saturated carbocycles. The summed E-state index contributed by atoms with van der Waals surface area (Å²) in [5, 5.41) is 22.9. The second-order valence-corrected chi connectivity index (χ2v) is 5.34. The minimum absolute atomic E-state index is 0.0343. The zero-order chi connectivity index (χ0) is 11.9. The van der Waals surface area contributed by atoms with Crippen LogP contribution in [0.25, 0.3) is 0 Å². The molecule has 0 saturated heterocycles. The predicted octanol–water partition coefficient (Wildman–Crippen LogP) is 2.55. The zero-order valence-electron chi connectivity index (χ0n) is 9.99. The summed E-state index contributed by atoms with van der Waals surface area (Å²) in [5.41, 5.74) is 0.930. The Kier molecular flexibility index (Phi) is 2.58. The van der Waals surface area contributed by atoms with Crippen molar-refractivity contribution in [2.75, 3.05) is 0 Å². The molecule has 3 N–H and O–H groups in total. The topological polar surface area (TPSA) is 52.5 Å². The van der Waals surface area contributed by atoms with Crippen LogP contribution in [-0.4, -0.2) is 16.3 Å². The molecule has 1 aromatic rings. The van der Waals surface area contributed by atoms with Gasteiger partial charge >= 0.3 is 0 Å². The molecular formula is C13H19NO2. The summed E-state index contributed by atoms with van der Waals surface area (Å²) in [7, 11) is 0. The van der Waals surface area contributed by atoms with Gasteiger partial charge in [0.15, 0.2) is 0 Å². The molecule has 88 valence electrons. The smallest absolute Gasteiger partial charge is 0.124 e. The lowest BCUT2D eigenvalue weighted by atomic mass is 10.1. The Hall–Kier alpha value is -1.22. The summed E-state index contributed by atoms with van der Waals surface area (Å²) in [5.74, 6) is 0.303. The molecule has 16 heavy (non-hydrogen) atoms. The third-order valence-electron chi connectivity index (χ3n) is 3.46. The van der Waals surface area contributed by atoms with Gasteiger partial charge in [0.25, 0.3) is 0 Å². The number of hydrogen-bond acceptors (Lipinski definition) is 3. The van der Waals surface area contributed by atoms with Gasteiger partial charge in [-0.1, -0.05) is 19.9 Å². The first kappa shape index (κ1) is 11.3. The fourth-order valence-electron chi connectivity index (χ4n) is 2.12. The van der Waals surface area contributed by atoms with Gasteiger partial charge in [0.1, 0.15) is 11.5 Å². The van der Waals surface area contributed by atoms with E-state index in [0.29, 0.717) is 17.0 Å². The zero-order valence-corrected chi connectivity index (χ0v) is 9.99. The molecule has 1 aromatic carbocycles. The van der Waals surface area contributed by atoms with Crippen LogP contribution < -0.4 is 5.32 Å². The van der Waals surface area contributed by atoms with Gasteiger partial charge in [0.2, 0.25) is 0 Å². The largest absolute Gasteiger partial charge is 0.507 e. The van der Waals surface area contributed by atoms with Crippen molar-refractivity contribution in [2.24, 2.45) is 5.41 Å². The van der Waals surface area contributed by atoms with E-state index in [9.17, 15) is 10.2 Å². The van der Waals surface area contributed by atoms with Crippen molar-refractivity contribution >= 4 is 0 Å². The van der Waals surface area contributed by atoms with Crippen LogP contribution in [-0.2, 0) is 0 Å². The molecule has 0 bridgehead atoms. The van der Waals surface area contributed by atoms with Crippen LogP contribution in [0.2, 0.25) is 0 Å². The highest BCUT2D eigenvalue weighted by molar-refractivity contribution is 5.45. The molecule has 3 nitrogen and oxygen atoms in total. The number of hydrogen-bond donors (Lipinski definition) is 3. The van der Waals surface area contributed by atoms with Crippen LogP contribution in [0.15, 0.2) is 18.2 Å². The number of nitrogens with one attached hydrogen (secondary N) is 1. The quantitative estimate of drug-likeness (QED) is 0.735. The van der Waals surface area contributed by atoms with Gasteiger partial charge in [0.05, 0.1) is 5.56 Å². The maximum atomic E-state index is 9.73. The molecule has 1 aliphatic rings. The molecule has 0 radical (unpaired) electrons. The van der Waals surface area contributed by atoms with E-state index in [4.69, 9.17) is 0 Å². The molecule has 0 aromatic heterocycles. The van der Waals surface area contributed by atoms with Crippen LogP contribution in [0.4, 0.5) is 0 Å². The van der Waals surface area contributed by atoms with Gasteiger partial charge in [-0.2, -0.15) is 0 Å². The maximum Gasteiger partial charge on any atom is 0.124 e. The highest BCUT2D eigenvalue weighted by Crippen LogP contribution is 2.46. The summed E-state index contributed by atoms with van der Waals surface area (Å²) in [6, 6.07) is 5.29. The molecule has 0 spiro atoms. The van der Waals surface area contributed by atoms with Gasteiger partial charge < -0.3 is 15.5 Å². The lowest BCUT2D eigenvalue weighted by molar-refractivity contribution is 0.410. The Morgan fingerprint density at radius 2 is 1.81 bits per heavy atom. The van der Waals surface area contributed by atoms with Gasteiger partial charge in [-0.05, 0) is 30.9 Å². The fourth-order valence-corrected chi connectivity index (χ4v) is 2.12. The monoisotopic (exact) mass is 221 g/mol. The fraction of sp³-hybridized carbons (Fsp3) is 0.538. The maximum absolute atomic E-state index is 9.73. The first-order valence-electron chi connectivity index (χ1n) is 5.69. The first-order valence-corrected chi connectivity index (χ1v) is 5.69. The highest BCUT2D eigenvalue weighted by Gasteiger charge is 2.46. The van der Waals surface area contributed by atoms with Crippen molar-refractivity contribution in [3.63, 3.8) is 0 Å². The molecule has 0 amide bonds. The highest BCUT2D eigenvalue weighted by atomic mass is 16.3. The van der Waals surface area contributed by atoms with Crippen LogP contribution >= 0.6 is 0 Å². The molecule has 2 atom stereocenters. The van der Waals surface area contributed by atoms with Gasteiger partial charge in [-0.25, -0.2) is 0 Å². The summed E-state index contributed by atoms with van der Waals surface area (Å²) in [6.07, 6.45) is 1.14.